The van der Waals surface area contributed by atoms with Gasteiger partial charge in [0.1, 0.15) is 11.5 Å². The highest BCUT2D eigenvalue weighted by molar-refractivity contribution is 7.12. The second-order valence-electron chi connectivity index (χ2n) is 3.26. The van der Waals surface area contributed by atoms with Crippen molar-refractivity contribution >= 4 is 17.2 Å². The molecule has 5 heteroatoms. The molecular weight excluding hydrogens is 236 g/mol. The zero-order valence-corrected chi connectivity index (χ0v) is 10.3. The Hall–Kier alpha value is -1.82. The molecule has 0 saturated carbocycles. The van der Waals surface area contributed by atoms with Gasteiger partial charge in [-0.05, 0) is 11.4 Å². The third kappa shape index (κ3) is 3.60. The summed E-state index contributed by atoms with van der Waals surface area (Å²) in [6.45, 7) is 0.174. The van der Waals surface area contributed by atoms with Crippen LogP contribution >= 0.6 is 11.3 Å². The van der Waals surface area contributed by atoms with Gasteiger partial charge in [0.05, 0.1) is 12.5 Å². The van der Waals surface area contributed by atoms with Crippen molar-refractivity contribution in [2.75, 3.05) is 20.2 Å². The largest absolute Gasteiger partial charge is 0.384 e. The Morgan fingerprint density at radius 3 is 3.06 bits per heavy atom. The van der Waals surface area contributed by atoms with E-state index in [1.54, 1.807) is 18.5 Å². The molecule has 0 bridgehead atoms. The normalized spacial score (nSPS) is 9.00. The molecule has 1 aromatic rings. The van der Waals surface area contributed by atoms with Crippen molar-refractivity contribution in [3.05, 3.63) is 21.9 Å². The molecule has 1 aromatic heterocycles. The van der Waals surface area contributed by atoms with Crippen molar-refractivity contribution in [3.8, 4) is 17.9 Å². The SMILES string of the molecule is CN(CCC#N)C(=O)c1sccc1C#CCO. The van der Waals surface area contributed by atoms with Crippen molar-refractivity contribution in [2.24, 2.45) is 0 Å². The molecule has 0 aliphatic carbocycles. The van der Waals surface area contributed by atoms with Crippen LogP contribution in [0, 0.1) is 23.2 Å². The molecule has 1 amide bonds. The molecule has 1 heterocycles. The van der Waals surface area contributed by atoms with Gasteiger partial charge in [-0.1, -0.05) is 11.8 Å². The smallest absolute Gasteiger partial charge is 0.264 e. The fraction of sp³-hybridized carbons (Fsp3) is 0.333. The van der Waals surface area contributed by atoms with Crippen LogP contribution in [-0.2, 0) is 0 Å². The minimum Gasteiger partial charge on any atom is -0.384 e. The summed E-state index contributed by atoms with van der Waals surface area (Å²) >= 11 is 1.31. The number of hydrogen-bond acceptors (Lipinski definition) is 4. The Labute approximate surface area is 104 Å². The van der Waals surface area contributed by atoms with E-state index in [1.807, 2.05) is 6.07 Å². The Kier molecular flexibility index (Phi) is 5.22. The number of hydrogen-bond donors (Lipinski definition) is 1. The van der Waals surface area contributed by atoms with Crippen LogP contribution in [0.5, 0.6) is 0 Å². The maximum atomic E-state index is 12.0. The number of nitrogens with zero attached hydrogens (tertiary/aromatic N) is 2. The molecule has 1 rings (SSSR count). The molecule has 88 valence electrons. The van der Waals surface area contributed by atoms with E-state index in [0.29, 0.717) is 23.4 Å². The third-order valence-electron chi connectivity index (χ3n) is 2.07. The van der Waals surface area contributed by atoms with Crippen molar-refractivity contribution in [2.45, 2.75) is 6.42 Å². The Morgan fingerprint density at radius 2 is 2.41 bits per heavy atom. The predicted molar refractivity (Wildman–Crippen MR) is 65.5 cm³/mol. The average molecular weight is 248 g/mol. The van der Waals surface area contributed by atoms with E-state index in [1.165, 1.54) is 16.2 Å². The number of rotatable bonds is 3. The lowest BCUT2D eigenvalue weighted by molar-refractivity contribution is 0.0802. The van der Waals surface area contributed by atoms with Crippen LogP contribution in [0.4, 0.5) is 0 Å². The first-order valence-corrected chi connectivity index (χ1v) is 5.88. The third-order valence-corrected chi connectivity index (χ3v) is 2.97. The first kappa shape index (κ1) is 13.2. The molecule has 0 fully saturated rings. The molecule has 0 aliphatic rings. The van der Waals surface area contributed by atoms with Gasteiger partial charge < -0.3 is 10.0 Å². The summed E-state index contributed by atoms with van der Waals surface area (Å²) in [5.74, 6) is 5.11. The van der Waals surface area contributed by atoms with Crippen molar-refractivity contribution < 1.29 is 9.90 Å². The van der Waals surface area contributed by atoms with Gasteiger partial charge >= 0.3 is 0 Å². The van der Waals surface area contributed by atoms with E-state index in [-0.39, 0.29) is 12.5 Å². The predicted octanol–water partition coefficient (Wildman–Crippen LogP) is 1.08. The highest BCUT2D eigenvalue weighted by Gasteiger charge is 2.15. The summed E-state index contributed by atoms with van der Waals surface area (Å²) in [4.78, 5) is 14.0. The fourth-order valence-corrected chi connectivity index (χ4v) is 2.04. The monoisotopic (exact) mass is 248 g/mol. The van der Waals surface area contributed by atoms with E-state index in [2.05, 4.69) is 11.8 Å². The molecule has 0 atom stereocenters. The Morgan fingerprint density at radius 1 is 1.65 bits per heavy atom. The highest BCUT2D eigenvalue weighted by atomic mass is 32.1. The highest BCUT2D eigenvalue weighted by Crippen LogP contribution is 2.17. The van der Waals surface area contributed by atoms with Gasteiger partial charge in [-0.15, -0.1) is 11.3 Å². The van der Waals surface area contributed by atoms with Crippen LogP contribution in [0.2, 0.25) is 0 Å². The van der Waals surface area contributed by atoms with Crippen LogP contribution in [-0.4, -0.2) is 36.1 Å². The second-order valence-corrected chi connectivity index (χ2v) is 4.17. The van der Waals surface area contributed by atoms with Crippen molar-refractivity contribution in [1.82, 2.24) is 4.90 Å². The Balaban J connectivity index is 2.82. The summed E-state index contributed by atoms with van der Waals surface area (Å²) in [6.07, 6.45) is 0.311. The van der Waals surface area contributed by atoms with E-state index >= 15 is 0 Å². The minimum atomic E-state index is -0.228. The van der Waals surface area contributed by atoms with E-state index in [4.69, 9.17) is 10.4 Å². The molecule has 17 heavy (non-hydrogen) atoms. The summed E-state index contributed by atoms with van der Waals surface area (Å²) in [5, 5.41) is 18.9. The van der Waals surface area contributed by atoms with Crippen LogP contribution in [0.3, 0.4) is 0 Å². The van der Waals surface area contributed by atoms with Crippen LogP contribution < -0.4 is 0 Å². The van der Waals surface area contributed by atoms with Gasteiger partial charge in [0, 0.05) is 19.2 Å². The standard InChI is InChI=1S/C12H12N2O2S/c1-14(7-3-6-13)12(16)11-10(4-2-8-15)5-9-17-11/h5,9,15H,3,7-8H2,1H3. The number of amides is 1. The zero-order valence-electron chi connectivity index (χ0n) is 9.43. The Bertz CT molecular complexity index is 491. The zero-order chi connectivity index (χ0) is 12.7. The molecule has 0 saturated heterocycles. The summed E-state index contributed by atoms with van der Waals surface area (Å²) in [7, 11) is 1.66. The number of thiophene rings is 1. The lowest BCUT2D eigenvalue weighted by Crippen LogP contribution is -2.27. The van der Waals surface area contributed by atoms with Crippen molar-refractivity contribution in [1.29, 1.82) is 5.26 Å². The first-order chi connectivity index (χ1) is 8.20. The summed E-state index contributed by atoms with van der Waals surface area (Å²) in [5.41, 5.74) is 0.623. The summed E-state index contributed by atoms with van der Waals surface area (Å²) < 4.78 is 0. The maximum absolute atomic E-state index is 12.0. The van der Waals surface area contributed by atoms with Crippen molar-refractivity contribution in [3.63, 3.8) is 0 Å². The first-order valence-electron chi connectivity index (χ1n) is 5.00. The van der Waals surface area contributed by atoms with Gasteiger partial charge in [-0.2, -0.15) is 5.26 Å². The molecular formula is C12H12N2O2S. The molecule has 1 N–H and O–H groups in total. The van der Waals surface area contributed by atoms with Gasteiger partial charge in [-0.3, -0.25) is 4.79 Å². The molecule has 0 radical (unpaired) electrons. The number of carbonyl (C=O) groups is 1. The molecule has 0 spiro atoms. The maximum Gasteiger partial charge on any atom is 0.264 e. The molecule has 4 nitrogen and oxygen atoms in total. The lowest BCUT2D eigenvalue weighted by Gasteiger charge is -2.14. The van der Waals surface area contributed by atoms with Gasteiger partial charge in [0.15, 0.2) is 0 Å². The fourth-order valence-electron chi connectivity index (χ4n) is 1.20. The lowest BCUT2D eigenvalue weighted by atomic mass is 10.2. The van der Waals surface area contributed by atoms with E-state index < -0.39 is 0 Å². The van der Waals surface area contributed by atoms with Crippen LogP contribution in [0.1, 0.15) is 21.7 Å². The number of nitriles is 1. The topological polar surface area (TPSA) is 64.3 Å². The van der Waals surface area contributed by atoms with Gasteiger partial charge in [-0.25, -0.2) is 0 Å². The summed E-state index contributed by atoms with van der Waals surface area (Å²) in [6, 6.07) is 3.74. The molecule has 0 aromatic carbocycles. The van der Waals surface area contributed by atoms with Crippen LogP contribution in [0.25, 0.3) is 0 Å². The minimum absolute atomic E-state index is 0.141. The number of carbonyl (C=O) groups excluding carboxylic acids is 1. The quantitative estimate of drug-likeness (QED) is 0.814. The number of aliphatic hydroxyl groups excluding tert-OH is 1. The van der Waals surface area contributed by atoms with Gasteiger partial charge in [0.2, 0.25) is 0 Å². The number of aliphatic hydroxyl groups is 1. The van der Waals surface area contributed by atoms with Gasteiger partial charge in [0.25, 0.3) is 5.91 Å². The van der Waals surface area contributed by atoms with Crippen LogP contribution in [0.15, 0.2) is 11.4 Å². The molecule has 0 aliphatic heterocycles. The second kappa shape index (κ2) is 6.70. The average Bonchev–Trinajstić information content (AvgIpc) is 2.80. The van der Waals surface area contributed by atoms with E-state index in [0.717, 1.165) is 0 Å². The van der Waals surface area contributed by atoms with E-state index in [9.17, 15) is 4.79 Å². The molecule has 0 unspecified atom stereocenters.